The zero-order valence-electron chi connectivity index (χ0n) is 15.1. The molecule has 0 spiro atoms. The number of rotatable bonds is 4. The Morgan fingerprint density at radius 2 is 1.95 bits per heavy atom. The van der Waals surface area contributed by atoms with E-state index < -0.39 is 0 Å². The molecule has 5 nitrogen and oxygen atoms in total. The summed E-state index contributed by atoms with van der Waals surface area (Å²) in [6.07, 6.45) is 2.54. The van der Waals surface area contributed by atoms with Gasteiger partial charge < -0.3 is 20.0 Å². The highest BCUT2D eigenvalue weighted by atomic mass is 15.3. The monoisotopic (exact) mass is 309 g/mol. The average molecular weight is 310 g/mol. The summed E-state index contributed by atoms with van der Waals surface area (Å²) in [4.78, 5) is 12.3. The van der Waals surface area contributed by atoms with Crippen LogP contribution in [0.25, 0.3) is 0 Å². The first-order valence-corrected chi connectivity index (χ1v) is 8.94. The van der Waals surface area contributed by atoms with Crippen molar-refractivity contribution in [2.24, 2.45) is 10.4 Å². The number of likely N-dealkylation sites (N-methyl/N-ethyl adjacent to an activating group) is 1. The van der Waals surface area contributed by atoms with E-state index in [1.807, 2.05) is 0 Å². The lowest BCUT2D eigenvalue weighted by Gasteiger charge is -2.24. The Morgan fingerprint density at radius 1 is 1.14 bits per heavy atom. The van der Waals surface area contributed by atoms with E-state index in [9.17, 15) is 0 Å². The van der Waals surface area contributed by atoms with Crippen LogP contribution in [0.2, 0.25) is 0 Å². The fourth-order valence-electron chi connectivity index (χ4n) is 3.34. The van der Waals surface area contributed by atoms with Crippen molar-refractivity contribution in [1.82, 2.24) is 20.0 Å². The third-order valence-electron chi connectivity index (χ3n) is 4.80. The summed E-state index contributed by atoms with van der Waals surface area (Å²) in [5.74, 6) is 1.11. The quantitative estimate of drug-likeness (QED) is 0.627. The molecule has 0 amide bonds. The predicted octanol–water partition coefficient (Wildman–Crippen LogP) is 1.32. The van der Waals surface area contributed by atoms with Gasteiger partial charge in [-0.15, -0.1) is 0 Å². The summed E-state index contributed by atoms with van der Waals surface area (Å²) in [5, 5.41) is 3.47. The van der Waals surface area contributed by atoms with Gasteiger partial charge in [0.05, 0.1) is 6.54 Å². The number of hydrogen-bond acceptors (Lipinski definition) is 3. The molecule has 128 valence electrons. The summed E-state index contributed by atoms with van der Waals surface area (Å²) in [7, 11) is 2.22. The third kappa shape index (κ3) is 5.43. The summed E-state index contributed by atoms with van der Waals surface area (Å²) >= 11 is 0. The average Bonchev–Trinajstić information content (AvgIpc) is 2.69. The number of guanidine groups is 1. The molecule has 2 heterocycles. The van der Waals surface area contributed by atoms with E-state index in [1.54, 1.807) is 0 Å². The second-order valence-electron chi connectivity index (χ2n) is 7.57. The Balaban J connectivity index is 1.82. The number of nitrogens with one attached hydrogen (secondary N) is 1. The lowest BCUT2D eigenvalue weighted by molar-refractivity contribution is 0.282. The Kier molecular flexibility index (Phi) is 6.50. The molecule has 0 unspecified atom stereocenters. The fourth-order valence-corrected chi connectivity index (χ4v) is 3.34. The van der Waals surface area contributed by atoms with Gasteiger partial charge in [0.2, 0.25) is 0 Å². The van der Waals surface area contributed by atoms with Gasteiger partial charge in [-0.1, -0.05) is 13.8 Å². The van der Waals surface area contributed by atoms with Crippen LogP contribution in [0.4, 0.5) is 0 Å². The van der Waals surface area contributed by atoms with Crippen molar-refractivity contribution in [3.8, 4) is 0 Å². The van der Waals surface area contributed by atoms with Crippen molar-refractivity contribution in [3.63, 3.8) is 0 Å². The maximum Gasteiger partial charge on any atom is 0.193 e. The van der Waals surface area contributed by atoms with Gasteiger partial charge in [-0.2, -0.15) is 0 Å². The number of likely N-dealkylation sites (tertiary alicyclic amines) is 1. The maximum atomic E-state index is 4.88. The van der Waals surface area contributed by atoms with E-state index in [4.69, 9.17) is 4.99 Å². The molecular formula is C17H35N5. The van der Waals surface area contributed by atoms with Gasteiger partial charge in [-0.05, 0) is 45.3 Å². The molecule has 0 aliphatic carbocycles. The summed E-state index contributed by atoms with van der Waals surface area (Å²) in [6, 6.07) is 0. The minimum Gasteiger partial charge on any atom is -0.357 e. The molecule has 5 heteroatoms. The molecule has 0 atom stereocenters. The number of aliphatic imine (C=N–C) groups is 1. The van der Waals surface area contributed by atoms with E-state index in [0.717, 1.165) is 38.7 Å². The molecule has 2 aliphatic heterocycles. The van der Waals surface area contributed by atoms with Gasteiger partial charge in [0, 0.05) is 39.3 Å². The largest absolute Gasteiger partial charge is 0.357 e. The van der Waals surface area contributed by atoms with Crippen LogP contribution in [-0.4, -0.2) is 86.6 Å². The molecule has 0 saturated carbocycles. The summed E-state index contributed by atoms with van der Waals surface area (Å²) < 4.78 is 0. The Hall–Kier alpha value is -0.810. The van der Waals surface area contributed by atoms with E-state index >= 15 is 0 Å². The smallest absolute Gasteiger partial charge is 0.193 e. The molecule has 1 N–H and O–H groups in total. The van der Waals surface area contributed by atoms with Gasteiger partial charge in [0.1, 0.15) is 0 Å². The molecular weight excluding hydrogens is 274 g/mol. The van der Waals surface area contributed by atoms with E-state index in [-0.39, 0.29) is 0 Å². The molecule has 0 aromatic rings. The second kappa shape index (κ2) is 8.16. The lowest BCUT2D eigenvalue weighted by Crippen LogP contribution is -2.41. The van der Waals surface area contributed by atoms with E-state index in [0.29, 0.717) is 5.41 Å². The molecule has 0 aromatic heterocycles. The Labute approximate surface area is 136 Å². The molecule has 0 bridgehead atoms. The second-order valence-corrected chi connectivity index (χ2v) is 7.57. The number of nitrogens with zero attached hydrogens (tertiary/aromatic N) is 4. The molecule has 2 rings (SSSR count). The van der Waals surface area contributed by atoms with Crippen molar-refractivity contribution in [2.45, 2.75) is 33.6 Å². The van der Waals surface area contributed by atoms with Crippen LogP contribution in [0.15, 0.2) is 4.99 Å². The van der Waals surface area contributed by atoms with Crippen LogP contribution in [-0.2, 0) is 0 Å². The van der Waals surface area contributed by atoms with Crippen LogP contribution in [0.5, 0.6) is 0 Å². The van der Waals surface area contributed by atoms with Crippen molar-refractivity contribution in [1.29, 1.82) is 0 Å². The molecule has 0 aromatic carbocycles. The van der Waals surface area contributed by atoms with Crippen LogP contribution >= 0.6 is 0 Å². The van der Waals surface area contributed by atoms with Crippen LogP contribution < -0.4 is 5.32 Å². The normalized spacial score (nSPS) is 24.5. The topological polar surface area (TPSA) is 34.1 Å². The minimum absolute atomic E-state index is 0.422. The zero-order chi connectivity index (χ0) is 16.0. The first-order chi connectivity index (χ1) is 10.5. The first kappa shape index (κ1) is 17.5. The van der Waals surface area contributed by atoms with Crippen molar-refractivity contribution < 1.29 is 0 Å². The van der Waals surface area contributed by atoms with Gasteiger partial charge in [-0.25, -0.2) is 0 Å². The first-order valence-electron chi connectivity index (χ1n) is 8.94. The van der Waals surface area contributed by atoms with Crippen LogP contribution in [0.1, 0.15) is 33.6 Å². The number of hydrogen-bond donors (Lipinski definition) is 1. The zero-order valence-corrected chi connectivity index (χ0v) is 15.1. The van der Waals surface area contributed by atoms with Gasteiger partial charge in [0.15, 0.2) is 5.96 Å². The van der Waals surface area contributed by atoms with Crippen molar-refractivity contribution >= 4 is 5.96 Å². The van der Waals surface area contributed by atoms with Crippen LogP contribution in [0.3, 0.4) is 0 Å². The van der Waals surface area contributed by atoms with Gasteiger partial charge in [-0.3, -0.25) is 4.99 Å². The van der Waals surface area contributed by atoms with Crippen molar-refractivity contribution in [2.75, 3.05) is 66.0 Å². The SMILES string of the molecule is CCNC(=NCCN1CCCN(C)CC1)N1CCC(C)(C)C1. The van der Waals surface area contributed by atoms with Gasteiger partial charge in [0.25, 0.3) is 0 Å². The molecule has 22 heavy (non-hydrogen) atoms. The highest BCUT2D eigenvalue weighted by Gasteiger charge is 2.30. The Bertz CT molecular complexity index is 366. The summed E-state index contributed by atoms with van der Waals surface area (Å²) in [6.45, 7) is 16.9. The molecule has 2 aliphatic rings. The minimum atomic E-state index is 0.422. The fraction of sp³-hybridized carbons (Fsp3) is 0.941. The molecule has 0 radical (unpaired) electrons. The van der Waals surface area contributed by atoms with Gasteiger partial charge >= 0.3 is 0 Å². The Morgan fingerprint density at radius 3 is 2.64 bits per heavy atom. The van der Waals surface area contributed by atoms with Crippen LogP contribution in [0, 0.1) is 5.41 Å². The standard InChI is InChI=1S/C17H35N5/c1-5-18-16(22-11-7-17(2,3)15-22)19-8-12-21-10-6-9-20(4)13-14-21/h5-15H2,1-4H3,(H,18,19). The van der Waals surface area contributed by atoms with Crippen molar-refractivity contribution in [3.05, 3.63) is 0 Å². The predicted molar refractivity (Wildman–Crippen MR) is 94.5 cm³/mol. The maximum absolute atomic E-state index is 4.88. The summed E-state index contributed by atoms with van der Waals surface area (Å²) in [5.41, 5.74) is 0.422. The van der Waals surface area contributed by atoms with E-state index in [2.05, 4.69) is 47.8 Å². The third-order valence-corrected chi connectivity index (χ3v) is 4.80. The molecule has 2 saturated heterocycles. The molecule has 2 fully saturated rings. The highest BCUT2D eigenvalue weighted by Crippen LogP contribution is 2.28. The highest BCUT2D eigenvalue weighted by molar-refractivity contribution is 5.80. The van der Waals surface area contributed by atoms with E-state index in [1.165, 1.54) is 39.0 Å². The lowest BCUT2D eigenvalue weighted by atomic mass is 9.93.